The molecule has 0 radical (unpaired) electrons. The summed E-state index contributed by atoms with van der Waals surface area (Å²) in [5.41, 5.74) is 11.6. The largest absolute Gasteiger partial charge is 0.489 e. The summed E-state index contributed by atoms with van der Waals surface area (Å²) in [6.07, 6.45) is 4.48. The molecule has 4 aromatic heterocycles. The number of rotatable bonds is 24. The minimum atomic E-state index is -3.50. The van der Waals surface area contributed by atoms with Crippen molar-refractivity contribution in [1.82, 2.24) is 71.7 Å². The van der Waals surface area contributed by atoms with Gasteiger partial charge in [0, 0.05) is 125 Å². The summed E-state index contributed by atoms with van der Waals surface area (Å²) in [6, 6.07) is 52.7. The maximum Gasteiger partial charge on any atom is 0.317 e. The molecule has 3 fully saturated rings. The third-order valence-corrected chi connectivity index (χ3v) is 20.9. The fraction of sp³-hybridized carbons (Fsp3) is 0.293. The molecular formula is C82H88N14O16S. The van der Waals surface area contributed by atoms with Crippen molar-refractivity contribution in [2.75, 3.05) is 52.1 Å². The zero-order chi connectivity index (χ0) is 80.5. The van der Waals surface area contributed by atoms with Crippen LogP contribution >= 0.6 is 0 Å². The molecule has 10 aromatic rings. The van der Waals surface area contributed by atoms with Gasteiger partial charge in [0.05, 0.1) is 64.2 Å². The molecule has 10 N–H and O–H groups in total. The number of hydrogen-bond donors (Lipinski definition) is 10. The monoisotopic (exact) mass is 1560 g/mol. The van der Waals surface area contributed by atoms with E-state index in [0.29, 0.717) is 91.8 Å². The Bertz CT molecular complexity index is 5260. The lowest BCUT2D eigenvalue weighted by Crippen LogP contribution is -2.54. The predicted molar refractivity (Wildman–Crippen MR) is 417 cm³/mol. The summed E-state index contributed by atoms with van der Waals surface area (Å²) in [4.78, 5) is 121. The molecule has 0 spiro atoms. The number of urea groups is 1. The van der Waals surface area contributed by atoms with Crippen molar-refractivity contribution in [3.05, 3.63) is 244 Å². The highest BCUT2D eigenvalue weighted by atomic mass is 32.2. The zero-order valence-corrected chi connectivity index (χ0v) is 63.7. The number of hydrogen-bond acceptors (Lipinski definition) is 20. The van der Waals surface area contributed by atoms with Crippen LogP contribution in [0.4, 0.5) is 4.79 Å². The normalized spacial score (nSPS) is 17.2. The van der Waals surface area contributed by atoms with Gasteiger partial charge in [0.1, 0.15) is 37.1 Å². The molecule has 3 aliphatic heterocycles. The summed E-state index contributed by atoms with van der Waals surface area (Å²) in [5.74, 6) is -1.72. The molecule has 6 aromatic carbocycles. The number of fused-ring (bicyclic) bond motifs is 3. The first kappa shape index (κ1) is 81.4. The van der Waals surface area contributed by atoms with Crippen LogP contribution in [-0.2, 0) is 44.2 Å². The van der Waals surface area contributed by atoms with Crippen molar-refractivity contribution in [1.29, 1.82) is 0 Å². The Labute approximate surface area is 651 Å². The van der Waals surface area contributed by atoms with E-state index in [1.807, 2.05) is 119 Å². The minimum absolute atomic E-state index is 0.0640. The van der Waals surface area contributed by atoms with Crippen LogP contribution in [0.5, 0.6) is 17.2 Å². The number of aromatic nitrogens is 4. The molecule has 30 nitrogen and oxygen atoms in total. The molecule has 0 saturated carbocycles. The second kappa shape index (κ2) is 36.5. The van der Waals surface area contributed by atoms with Gasteiger partial charge in [0.2, 0.25) is 27.7 Å². The van der Waals surface area contributed by atoms with Crippen molar-refractivity contribution in [2.45, 2.75) is 103 Å². The van der Waals surface area contributed by atoms with Crippen molar-refractivity contribution < 1.29 is 76.6 Å². The molecule has 13 rings (SSSR count). The maximum absolute atomic E-state index is 13.2. The molecule has 9 amide bonds. The number of para-hydroxylation sites is 3. The third-order valence-electron chi connectivity index (χ3n) is 19.6. The average Bonchev–Trinajstić information content (AvgIpc) is 1.67. The number of aryl methyl sites for hydroxylation is 3. The topological polar surface area (TPSA) is 405 Å². The first-order chi connectivity index (χ1) is 54.3. The molecule has 0 bridgehead atoms. The van der Waals surface area contributed by atoms with Crippen LogP contribution < -0.4 is 51.9 Å². The minimum Gasteiger partial charge on any atom is -0.489 e. The Morgan fingerprint density at radius 1 is 0.451 bits per heavy atom. The molecule has 113 heavy (non-hydrogen) atoms. The quantitative estimate of drug-likeness (QED) is 0.0200. The van der Waals surface area contributed by atoms with Crippen LogP contribution in [-0.4, -0.2) is 174 Å². The number of pyridine rings is 4. The van der Waals surface area contributed by atoms with E-state index in [2.05, 4.69) is 41.2 Å². The predicted octanol–water partition coefficient (Wildman–Crippen LogP) is 8.50. The lowest BCUT2D eigenvalue weighted by atomic mass is 9.93. The SMILES string of the molecule is CCNC(=O)N1CCC(CC(=O)NO)(NC(=O)c2ccc(OCc3cc(C)nc4ccccc34)cc2)C1.Cc1cc(COc2ccc(C(=O)NC3(CC(=O)NO)CCN(C(=O)c4cccnc4)C3)cc2)c2ccccc2n1.Cc1cc(COc2ccc(C(=O)NC3(CC(=O)NO)CCN(S(C)(=O)=O)C3)cc2)c2ccccc2n1. The second-order valence-corrected chi connectivity index (χ2v) is 30.2. The summed E-state index contributed by atoms with van der Waals surface area (Å²) in [7, 11) is -3.50. The van der Waals surface area contributed by atoms with Crippen molar-refractivity contribution in [2.24, 2.45) is 0 Å². The van der Waals surface area contributed by atoms with E-state index in [0.717, 1.165) is 72.7 Å². The lowest BCUT2D eigenvalue weighted by molar-refractivity contribution is -0.131. The molecular weight excluding hydrogens is 1470 g/mol. The average molecular weight is 1560 g/mol. The fourth-order valence-corrected chi connectivity index (χ4v) is 15.0. The fourth-order valence-electron chi connectivity index (χ4n) is 14.1. The number of carbonyl (C=O) groups excluding carboxylic acids is 8. The van der Waals surface area contributed by atoms with Gasteiger partial charge in [-0.2, -0.15) is 4.31 Å². The van der Waals surface area contributed by atoms with Gasteiger partial charge in [0.15, 0.2) is 0 Å². The molecule has 3 unspecified atom stereocenters. The zero-order valence-electron chi connectivity index (χ0n) is 62.9. The van der Waals surface area contributed by atoms with Gasteiger partial charge in [-0.3, -0.25) is 69.1 Å². The van der Waals surface area contributed by atoms with Gasteiger partial charge in [-0.15, -0.1) is 0 Å². The van der Waals surface area contributed by atoms with Gasteiger partial charge >= 0.3 is 6.03 Å². The Morgan fingerprint density at radius 2 is 0.805 bits per heavy atom. The van der Waals surface area contributed by atoms with Gasteiger partial charge < -0.3 is 45.3 Å². The number of ether oxygens (including phenoxy) is 3. The van der Waals surface area contributed by atoms with Crippen molar-refractivity contribution >= 4 is 90.1 Å². The van der Waals surface area contributed by atoms with Crippen LogP contribution in [0.2, 0.25) is 0 Å². The van der Waals surface area contributed by atoms with Crippen molar-refractivity contribution in [3.8, 4) is 17.2 Å². The molecule has 0 aliphatic carbocycles. The highest BCUT2D eigenvalue weighted by molar-refractivity contribution is 7.88. The lowest BCUT2D eigenvalue weighted by Gasteiger charge is -2.30. The van der Waals surface area contributed by atoms with E-state index in [4.69, 9.17) is 29.8 Å². The van der Waals surface area contributed by atoms with E-state index in [1.54, 1.807) is 117 Å². The number of sulfonamides is 1. The molecule has 3 aliphatic rings. The first-order valence-corrected chi connectivity index (χ1v) is 38.3. The van der Waals surface area contributed by atoms with Gasteiger partial charge in [0.25, 0.3) is 23.6 Å². The molecule has 3 atom stereocenters. The molecule has 31 heteroatoms. The number of nitrogens with zero attached hydrogens (tertiary/aromatic N) is 7. The van der Waals surface area contributed by atoms with Crippen LogP contribution in [0.1, 0.15) is 121 Å². The van der Waals surface area contributed by atoms with E-state index in [-0.39, 0.29) is 69.7 Å². The third kappa shape index (κ3) is 21.1. The van der Waals surface area contributed by atoms with E-state index >= 15 is 0 Å². The Hall–Kier alpha value is -12.6. The molecule has 588 valence electrons. The number of likely N-dealkylation sites (tertiary alicyclic amines) is 2. The maximum atomic E-state index is 13.2. The number of amides is 9. The summed E-state index contributed by atoms with van der Waals surface area (Å²) in [5, 5.41) is 41.6. The van der Waals surface area contributed by atoms with E-state index in [9.17, 15) is 46.8 Å². The highest BCUT2D eigenvalue weighted by Crippen LogP contribution is 2.32. The first-order valence-electron chi connectivity index (χ1n) is 36.4. The standard InChI is InChI=1S/C30H29N5O5.C27H31N5O5.C25H28N4O6S/c1-20-15-23(25-6-2-3-7-26(25)32-20)18-40-24-10-8-21(9-11-24)28(37)33-30(16-27(36)34-39)12-14-35(19-30)29(38)22-5-4-13-31-17-22;1-3-28-26(35)32-13-12-27(17-32,15-24(33)31-36)30-25(34)19-8-10-21(11-9-19)37-16-20-14-18(2)29-23-7-5-4-6-22(20)23;1-17-13-19(21-5-3-4-6-22(21)26-17)15-35-20-9-7-18(8-10-20)24(31)27-25(14-23(30)28-32)11-12-29(16-25)36(2,33)34/h2-11,13,15,17,39H,12,14,16,18-19H2,1H3,(H,33,37)(H,34,36);4-11,14,36H,3,12-13,15-17H2,1-2H3,(H,28,35)(H,30,34)(H,31,33);3-10,13,32H,11-12,14-16H2,1-2H3,(H,27,31)(H,28,30). The van der Waals surface area contributed by atoms with Crippen LogP contribution in [0.3, 0.4) is 0 Å². The van der Waals surface area contributed by atoms with Gasteiger partial charge in [-0.05, 0) is 168 Å². The Kier molecular flexibility index (Phi) is 26.3. The van der Waals surface area contributed by atoms with Crippen molar-refractivity contribution in [3.63, 3.8) is 0 Å². The van der Waals surface area contributed by atoms with Gasteiger partial charge in [-0.25, -0.2) is 29.7 Å². The Morgan fingerprint density at radius 3 is 1.15 bits per heavy atom. The smallest absolute Gasteiger partial charge is 0.317 e. The van der Waals surface area contributed by atoms with E-state index < -0.39 is 56.2 Å². The number of nitrogens with one attached hydrogen (secondary N) is 7. The van der Waals surface area contributed by atoms with Crippen LogP contribution in [0.15, 0.2) is 188 Å². The molecule has 7 heterocycles. The van der Waals surface area contributed by atoms with E-state index in [1.165, 1.54) is 10.5 Å². The second-order valence-electron chi connectivity index (χ2n) is 28.2. The van der Waals surface area contributed by atoms with Crippen LogP contribution in [0.25, 0.3) is 32.7 Å². The molecule has 3 saturated heterocycles. The number of carbonyl (C=O) groups is 8. The summed E-state index contributed by atoms with van der Waals surface area (Å²) in [6.45, 7) is 10.2. The Balaban J connectivity index is 0.000000168. The number of hydroxylamine groups is 3. The summed E-state index contributed by atoms with van der Waals surface area (Å²) >= 11 is 0. The summed E-state index contributed by atoms with van der Waals surface area (Å²) < 4.78 is 43.1. The van der Waals surface area contributed by atoms with Gasteiger partial charge in [-0.1, -0.05) is 54.6 Å². The highest BCUT2D eigenvalue weighted by Gasteiger charge is 2.46. The van der Waals surface area contributed by atoms with Crippen LogP contribution in [0, 0.1) is 20.8 Å². The number of benzene rings is 6.